The normalized spacial score (nSPS) is 21.7. The van der Waals surface area contributed by atoms with E-state index in [9.17, 15) is 0 Å². The zero-order chi connectivity index (χ0) is 9.52. The molecule has 1 aliphatic heterocycles. The second-order valence-electron chi connectivity index (χ2n) is 4.10. The summed E-state index contributed by atoms with van der Waals surface area (Å²) < 4.78 is 0. The third-order valence-corrected chi connectivity index (χ3v) is 2.97. The molecule has 1 saturated heterocycles. The molecule has 0 aromatic rings. The minimum Gasteiger partial charge on any atom is -0.318 e. The number of nitrogens with zero attached hydrogens (tertiary/aromatic N) is 1. The molecular weight excluding hydrogens is 160 g/mol. The minimum atomic E-state index is 0.787. The summed E-state index contributed by atoms with van der Waals surface area (Å²) in [4.78, 5) is 2.67. The second kappa shape index (κ2) is 6.39. The van der Waals surface area contributed by atoms with Crippen molar-refractivity contribution in [1.29, 1.82) is 0 Å². The topological polar surface area (TPSA) is 15.3 Å². The molecule has 2 nitrogen and oxygen atoms in total. The molecule has 0 bridgehead atoms. The number of piperidine rings is 1. The monoisotopic (exact) mass is 184 g/mol. The molecule has 1 rings (SSSR count). The van der Waals surface area contributed by atoms with Crippen LogP contribution in [0.3, 0.4) is 0 Å². The van der Waals surface area contributed by atoms with Crippen molar-refractivity contribution in [3.63, 3.8) is 0 Å². The Bertz CT molecular complexity index is 113. The summed E-state index contributed by atoms with van der Waals surface area (Å²) in [5.74, 6) is 0. The van der Waals surface area contributed by atoms with E-state index in [1.807, 2.05) is 0 Å². The first-order chi connectivity index (χ1) is 6.38. The molecule has 1 fully saturated rings. The number of hydrogen-bond donors (Lipinski definition) is 1. The van der Waals surface area contributed by atoms with Crippen molar-refractivity contribution in [2.24, 2.45) is 0 Å². The van der Waals surface area contributed by atoms with E-state index in [2.05, 4.69) is 24.2 Å². The zero-order valence-electron chi connectivity index (χ0n) is 9.18. The Morgan fingerprint density at radius 2 is 1.92 bits per heavy atom. The first kappa shape index (κ1) is 11.0. The molecule has 0 aromatic heterocycles. The summed E-state index contributed by atoms with van der Waals surface area (Å²) in [6.45, 7) is 6.10. The van der Waals surface area contributed by atoms with Gasteiger partial charge in [-0.2, -0.15) is 0 Å². The van der Waals surface area contributed by atoms with Crippen molar-refractivity contribution in [3.05, 3.63) is 0 Å². The van der Waals surface area contributed by atoms with Gasteiger partial charge in [-0.05, 0) is 39.4 Å². The largest absolute Gasteiger partial charge is 0.318 e. The molecule has 0 amide bonds. The van der Waals surface area contributed by atoms with Gasteiger partial charge in [0, 0.05) is 12.6 Å². The zero-order valence-corrected chi connectivity index (χ0v) is 9.18. The maximum Gasteiger partial charge on any atom is 0.0220 e. The smallest absolute Gasteiger partial charge is 0.0220 e. The van der Waals surface area contributed by atoms with Gasteiger partial charge >= 0.3 is 0 Å². The summed E-state index contributed by atoms with van der Waals surface area (Å²) in [6.07, 6.45) is 6.91. The molecule has 1 N–H and O–H groups in total. The van der Waals surface area contributed by atoms with E-state index < -0.39 is 0 Å². The van der Waals surface area contributed by atoms with Crippen molar-refractivity contribution in [1.82, 2.24) is 10.2 Å². The molecule has 1 unspecified atom stereocenters. The van der Waals surface area contributed by atoms with Gasteiger partial charge in [0.15, 0.2) is 0 Å². The van der Waals surface area contributed by atoms with Gasteiger partial charge in [0.1, 0.15) is 0 Å². The van der Waals surface area contributed by atoms with Crippen molar-refractivity contribution >= 4 is 0 Å². The maximum absolute atomic E-state index is 3.31. The lowest BCUT2D eigenvalue weighted by Gasteiger charge is -2.34. The first-order valence-corrected chi connectivity index (χ1v) is 5.77. The van der Waals surface area contributed by atoms with E-state index in [0.717, 1.165) is 12.6 Å². The lowest BCUT2D eigenvalue weighted by atomic mass is 10.1. The van der Waals surface area contributed by atoms with Crippen LogP contribution in [-0.4, -0.2) is 37.6 Å². The molecule has 0 saturated carbocycles. The molecule has 0 aliphatic carbocycles. The maximum atomic E-state index is 3.31. The Labute approximate surface area is 82.7 Å². The Balaban J connectivity index is 2.32. The van der Waals surface area contributed by atoms with Crippen molar-refractivity contribution in [2.75, 3.05) is 26.7 Å². The molecule has 78 valence electrons. The van der Waals surface area contributed by atoms with E-state index in [-0.39, 0.29) is 0 Å². The van der Waals surface area contributed by atoms with Crippen LogP contribution in [0.2, 0.25) is 0 Å². The van der Waals surface area contributed by atoms with Crippen LogP contribution in [0.5, 0.6) is 0 Å². The summed E-state index contributed by atoms with van der Waals surface area (Å²) in [5.41, 5.74) is 0. The van der Waals surface area contributed by atoms with Crippen LogP contribution >= 0.6 is 0 Å². The Morgan fingerprint density at radius 1 is 1.23 bits per heavy atom. The van der Waals surface area contributed by atoms with Gasteiger partial charge in [-0.1, -0.05) is 19.8 Å². The van der Waals surface area contributed by atoms with Crippen molar-refractivity contribution in [3.8, 4) is 0 Å². The van der Waals surface area contributed by atoms with E-state index in [1.165, 1.54) is 45.2 Å². The first-order valence-electron chi connectivity index (χ1n) is 5.77. The molecule has 1 aliphatic rings. The van der Waals surface area contributed by atoms with Gasteiger partial charge in [-0.25, -0.2) is 0 Å². The molecule has 2 heteroatoms. The summed E-state index contributed by atoms with van der Waals surface area (Å²) in [6, 6.07) is 0.787. The van der Waals surface area contributed by atoms with E-state index >= 15 is 0 Å². The minimum absolute atomic E-state index is 0.787. The Hall–Kier alpha value is -0.0800. The summed E-state index contributed by atoms with van der Waals surface area (Å²) in [5, 5.41) is 3.31. The van der Waals surface area contributed by atoms with Crippen LogP contribution in [-0.2, 0) is 0 Å². The molecule has 0 aromatic carbocycles. The fourth-order valence-corrected chi connectivity index (χ4v) is 2.27. The second-order valence-corrected chi connectivity index (χ2v) is 4.10. The summed E-state index contributed by atoms with van der Waals surface area (Å²) >= 11 is 0. The van der Waals surface area contributed by atoms with E-state index in [1.54, 1.807) is 0 Å². The van der Waals surface area contributed by atoms with Gasteiger partial charge < -0.3 is 5.32 Å². The lowest BCUT2D eigenvalue weighted by Crippen LogP contribution is -2.44. The van der Waals surface area contributed by atoms with Gasteiger partial charge in [0.2, 0.25) is 0 Å². The SMILES string of the molecule is CCCC(CNC)N1CCCCC1. The number of likely N-dealkylation sites (tertiary alicyclic amines) is 1. The Kier molecular flexibility index (Phi) is 5.40. The predicted molar refractivity (Wildman–Crippen MR) is 58.0 cm³/mol. The van der Waals surface area contributed by atoms with Crippen LogP contribution in [0, 0.1) is 0 Å². The van der Waals surface area contributed by atoms with Crippen LogP contribution in [0.4, 0.5) is 0 Å². The van der Waals surface area contributed by atoms with Crippen molar-refractivity contribution < 1.29 is 0 Å². The van der Waals surface area contributed by atoms with Gasteiger partial charge in [0.25, 0.3) is 0 Å². The summed E-state index contributed by atoms with van der Waals surface area (Å²) in [7, 11) is 2.06. The highest BCUT2D eigenvalue weighted by Crippen LogP contribution is 2.14. The average Bonchev–Trinajstić information content (AvgIpc) is 2.19. The van der Waals surface area contributed by atoms with Gasteiger partial charge in [-0.3, -0.25) is 4.90 Å². The van der Waals surface area contributed by atoms with E-state index in [0.29, 0.717) is 0 Å². The van der Waals surface area contributed by atoms with Crippen LogP contribution in [0.1, 0.15) is 39.0 Å². The Morgan fingerprint density at radius 3 is 2.46 bits per heavy atom. The van der Waals surface area contributed by atoms with Crippen molar-refractivity contribution in [2.45, 2.75) is 45.1 Å². The van der Waals surface area contributed by atoms with Crippen LogP contribution in [0.15, 0.2) is 0 Å². The fourth-order valence-electron chi connectivity index (χ4n) is 2.27. The third-order valence-electron chi connectivity index (χ3n) is 2.97. The lowest BCUT2D eigenvalue weighted by molar-refractivity contribution is 0.153. The van der Waals surface area contributed by atoms with E-state index in [4.69, 9.17) is 0 Å². The molecule has 1 heterocycles. The number of nitrogens with one attached hydrogen (secondary N) is 1. The standard InChI is InChI=1S/C11H24N2/c1-3-7-11(10-12-2)13-8-5-4-6-9-13/h11-12H,3-10H2,1-2H3. The van der Waals surface area contributed by atoms with Gasteiger partial charge in [-0.15, -0.1) is 0 Å². The number of likely N-dealkylation sites (N-methyl/N-ethyl adjacent to an activating group) is 1. The highest BCUT2D eigenvalue weighted by molar-refractivity contribution is 4.75. The molecule has 0 spiro atoms. The molecular formula is C11H24N2. The van der Waals surface area contributed by atoms with Gasteiger partial charge in [0.05, 0.1) is 0 Å². The molecule has 1 atom stereocenters. The predicted octanol–water partition coefficient (Wildman–Crippen LogP) is 1.86. The quantitative estimate of drug-likeness (QED) is 0.701. The number of rotatable bonds is 5. The fraction of sp³-hybridized carbons (Fsp3) is 1.00. The highest BCUT2D eigenvalue weighted by Gasteiger charge is 2.18. The van der Waals surface area contributed by atoms with Crippen LogP contribution in [0.25, 0.3) is 0 Å². The van der Waals surface area contributed by atoms with Crippen LogP contribution < -0.4 is 5.32 Å². The number of hydrogen-bond acceptors (Lipinski definition) is 2. The molecule has 0 radical (unpaired) electrons. The average molecular weight is 184 g/mol. The molecule has 13 heavy (non-hydrogen) atoms. The third kappa shape index (κ3) is 3.65. The highest BCUT2D eigenvalue weighted by atomic mass is 15.2.